The second kappa shape index (κ2) is 7.75. The van der Waals surface area contributed by atoms with Crippen molar-refractivity contribution in [3.63, 3.8) is 0 Å². The van der Waals surface area contributed by atoms with Gasteiger partial charge in [0.15, 0.2) is 0 Å². The number of aliphatic carboxylic acids is 1. The van der Waals surface area contributed by atoms with E-state index >= 15 is 0 Å². The number of carboxylic acid groups (broad SMARTS) is 1. The molecular weight excluding hydrogens is 164 g/mol. The van der Waals surface area contributed by atoms with Gasteiger partial charge < -0.3 is 15.3 Å². The normalized spacial score (nSPS) is 11.8. The summed E-state index contributed by atoms with van der Waals surface area (Å²) in [7, 11) is 0. The van der Waals surface area contributed by atoms with Crippen LogP contribution in [0.3, 0.4) is 0 Å². The van der Waals surface area contributed by atoms with Crippen LogP contribution in [0.5, 0.6) is 0 Å². The van der Waals surface area contributed by atoms with Crippen molar-refractivity contribution in [2.75, 3.05) is 13.2 Å². The van der Waals surface area contributed by atoms with Crippen molar-refractivity contribution in [3.8, 4) is 0 Å². The van der Waals surface area contributed by atoms with E-state index in [-0.39, 0.29) is 50.8 Å². The van der Waals surface area contributed by atoms with E-state index in [1.54, 1.807) is 0 Å². The van der Waals surface area contributed by atoms with Crippen LogP contribution >= 0.6 is 0 Å². The Morgan fingerprint density at radius 2 is 1.90 bits per heavy atom. The fraction of sp³-hybridized carbons (Fsp3) is 0.800. The first-order valence-electron chi connectivity index (χ1n) is 2.67. The molecule has 0 heterocycles. The average Bonchev–Trinajstić information content (AvgIpc) is 1.82. The number of hydrogen-bond donors (Lipinski definition) is 3. The average molecular weight is 176 g/mol. The maximum atomic E-state index is 10.0. The van der Waals surface area contributed by atoms with E-state index in [4.69, 9.17) is 15.3 Å². The molecule has 10 heavy (non-hydrogen) atoms. The summed E-state index contributed by atoms with van der Waals surface area (Å²) >= 11 is 0. The summed E-state index contributed by atoms with van der Waals surface area (Å²) in [5, 5.41) is 24.8. The molecule has 0 aromatic carbocycles. The molecule has 3 N–H and O–H groups in total. The summed E-state index contributed by atoms with van der Waals surface area (Å²) in [5.74, 6) is -1.87. The van der Waals surface area contributed by atoms with Crippen LogP contribution in [0.25, 0.3) is 0 Å². The molecule has 0 saturated carbocycles. The fourth-order valence-corrected chi connectivity index (χ4v) is 0.449. The standard InChI is InChI=1S/C5H10O4.Ca.2H/c6-2-1-4(3-7)5(8)9;;;/h4,6-7H,1-3H2,(H,8,9);;;. The van der Waals surface area contributed by atoms with Crippen LogP contribution in [0.15, 0.2) is 0 Å². The van der Waals surface area contributed by atoms with Crippen molar-refractivity contribution in [1.29, 1.82) is 0 Å². The molecule has 0 amide bonds. The molecule has 0 aromatic heterocycles. The van der Waals surface area contributed by atoms with Crippen LogP contribution in [0.2, 0.25) is 0 Å². The van der Waals surface area contributed by atoms with Gasteiger partial charge in [-0.2, -0.15) is 0 Å². The minimum absolute atomic E-state index is 0. The Balaban J connectivity index is 0. The van der Waals surface area contributed by atoms with Crippen molar-refractivity contribution < 1.29 is 20.1 Å². The van der Waals surface area contributed by atoms with Crippen LogP contribution < -0.4 is 0 Å². The SMILES string of the molecule is O=C(O)C(CO)CCO.[CaH2]. The summed E-state index contributed by atoms with van der Waals surface area (Å²) < 4.78 is 0. The topological polar surface area (TPSA) is 77.8 Å². The molecule has 0 radical (unpaired) electrons. The van der Waals surface area contributed by atoms with Gasteiger partial charge in [-0.3, -0.25) is 4.79 Å². The van der Waals surface area contributed by atoms with E-state index in [0.717, 1.165) is 0 Å². The summed E-state index contributed by atoms with van der Waals surface area (Å²) in [6, 6.07) is 0. The second-order valence-corrected chi connectivity index (χ2v) is 1.73. The molecule has 58 valence electrons. The third kappa shape index (κ3) is 5.44. The number of carboxylic acids is 1. The molecule has 0 saturated heterocycles. The van der Waals surface area contributed by atoms with Gasteiger partial charge in [0.2, 0.25) is 0 Å². The van der Waals surface area contributed by atoms with E-state index in [2.05, 4.69) is 0 Å². The molecule has 4 nitrogen and oxygen atoms in total. The molecule has 5 heteroatoms. The third-order valence-electron chi connectivity index (χ3n) is 1.05. The van der Waals surface area contributed by atoms with E-state index in [1.807, 2.05) is 0 Å². The monoisotopic (exact) mass is 176 g/mol. The van der Waals surface area contributed by atoms with Gasteiger partial charge >= 0.3 is 43.7 Å². The number of hydrogen-bond acceptors (Lipinski definition) is 3. The Hall–Kier alpha value is 0.650. The summed E-state index contributed by atoms with van der Waals surface area (Å²) in [5.41, 5.74) is 0. The molecule has 0 spiro atoms. The first-order chi connectivity index (χ1) is 4.22. The molecule has 1 unspecified atom stereocenters. The van der Waals surface area contributed by atoms with E-state index in [0.29, 0.717) is 0 Å². The molecule has 0 aliphatic carbocycles. The van der Waals surface area contributed by atoms with E-state index < -0.39 is 18.5 Å². The van der Waals surface area contributed by atoms with Gasteiger partial charge in [0, 0.05) is 6.61 Å². The first-order valence-corrected chi connectivity index (χ1v) is 2.67. The zero-order valence-corrected chi connectivity index (χ0v) is 4.95. The third-order valence-corrected chi connectivity index (χ3v) is 1.05. The molecule has 1 atom stereocenters. The summed E-state index contributed by atoms with van der Waals surface area (Å²) in [6.07, 6.45) is 0.117. The first kappa shape index (κ1) is 13.3. The fourth-order valence-electron chi connectivity index (χ4n) is 0.449. The number of rotatable bonds is 4. The van der Waals surface area contributed by atoms with Crippen molar-refractivity contribution in [3.05, 3.63) is 0 Å². The summed E-state index contributed by atoms with van der Waals surface area (Å²) in [4.78, 5) is 10.0. The molecule has 0 aromatic rings. The molecule has 0 aliphatic rings. The van der Waals surface area contributed by atoms with Crippen molar-refractivity contribution in [1.82, 2.24) is 0 Å². The predicted octanol–water partition coefficient (Wildman–Crippen LogP) is -1.85. The van der Waals surface area contributed by atoms with Crippen LogP contribution in [0.4, 0.5) is 0 Å². The summed E-state index contributed by atoms with van der Waals surface area (Å²) in [6.45, 7) is -0.604. The van der Waals surface area contributed by atoms with Gasteiger partial charge in [-0.25, -0.2) is 0 Å². The Kier molecular flexibility index (Phi) is 10.3. The minimum atomic E-state index is -1.06. The Bertz CT molecular complexity index is 95.6. The van der Waals surface area contributed by atoms with Crippen molar-refractivity contribution in [2.24, 2.45) is 5.92 Å². The second-order valence-electron chi connectivity index (χ2n) is 1.73. The van der Waals surface area contributed by atoms with Crippen LogP contribution in [0.1, 0.15) is 6.42 Å². The Morgan fingerprint density at radius 3 is 2.00 bits per heavy atom. The van der Waals surface area contributed by atoms with E-state index in [1.165, 1.54) is 0 Å². The molecule has 0 bridgehead atoms. The van der Waals surface area contributed by atoms with Crippen molar-refractivity contribution >= 4 is 43.7 Å². The number of aliphatic hydroxyl groups is 2. The van der Waals surface area contributed by atoms with E-state index in [9.17, 15) is 4.79 Å². The van der Waals surface area contributed by atoms with Gasteiger partial charge in [-0.05, 0) is 6.42 Å². The van der Waals surface area contributed by atoms with Crippen LogP contribution in [0, 0.1) is 5.92 Å². The Morgan fingerprint density at radius 1 is 1.40 bits per heavy atom. The van der Waals surface area contributed by atoms with Gasteiger partial charge in [0.05, 0.1) is 12.5 Å². The van der Waals surface area contributed by atoms with Gasteiger partial charge in [0.25, 0.3) is 0 Å². The maximum absolute atomic E-state index is 10.0. The van der Waals surface area contributed by atoms with Crippen LogP contribution in [-0.4, -0.2) is 72.2 Å². The quantitative estimate of drug-likeness (QED) is 0.439. The zero-order chi connectivity index (χ0) is 7.28. The van der Waals surface area contributed by atoms with Gasteiger partial charge in [-0.15, -0.1) is 0 Å². The molecule has 0 aliphatic heterocycles. The number of carbonyl (C=O) groups is 1. The number of aliphatic hydroxyl groups excluding tert-OH is 2. The molecule has 0 rings (SSSR count). The van der Waals surface area contributed by atoms with Gasteiger partial charge in [-0.1, -0.05) is 0 Å². The van der Waals surface area contributed by atoms with Crippen molar-refractivity contribution in [2.45, 2.75) is 6.42 Å². The van der Waals surface area contributed by atoms with Gasteiger partial charge in [0.1, 0.15) is 0 Å². The predicted molar refractivity (Wildman–Crippen MR) is 38.5 cm³/mol. The van der Waals surface area contributed by atoms with Crippen LogP contribution in [-0.2, 0) is 4.79 Å². The zero-order valence-electron chi connectivity index (χ0n) is 4.95. The molecular formula is C5H12CaO4. The Labute approximate surface area is 88.9 Å². The molecule has 0 fully saturated rings.